The number of carbonyl (C=O) groups excluding carboxylic acids is 1. The van der Waals surface area contributed by atoms with Crippen LogP contribution in [0.4, 0.5) is 0 Å². The van der Waals surface area contributed by atoms with Crippen LogP contribution in [0.25, 0.3) is 10.9 Å². The van der Waals surface area contributed by atoms with Crippen molar-refractivity contribution >= 4 is 16.8 Å². The molecule has 1 saturated carbocycles. The molecule has 4 rings (SSSR count). The molecule has 2 atom stereocenters. The monoisotopic (exact) mass is 369 g/mol. The van der Waals surface area contributed by atoms with E-state index in [-0.39, 0.29) is 17.4 Å². The predicted octanol–water partition coefficient (Wildman–Crippen LogP) is 2.40. The van der Waals surface area contributed by atoms with Crippen molar-refractivity contribution in [1.29, 1.82) is 0 Å². The van der Waals surface area contributed by atoms with Crippen LogP contribution in [0.15, 0.2) is 29.1 Å². The molecule has 1 aliphatic carbocycles. The number of hydrogen-bond acceptors (Lipinski definition) is 4. The molecule has 2 aliphatic rings. The van der Waals surface area contributed by atoms with Gasteiger partial charge in [0.25, 0.3) is 5.56 Å². The summed E-state index contributed by atoms with van der Waals surface area (Å²) in [6.07, 6.45) is 6.51. The zero-order valence-electron chi connectivity index (χ0n) is 15.6. The number of piperidine rings is 1. The molecule has 144 valence electrons. The van der Waals surface area contributed by atoms with Crippen molar-refractivity contribution in [3.8, 4) is 0 Å². The van der Waals surface area contributed by atoms with Gasteiger partial charge >= 0.3 is 0 Å². The number of carbonyl (C=O) groups is 1. The van der Waals surface area contributed by atoms with E-state index in [1.165, 1.54) is 0 Å². The van der Waals surface area contributed by atoms with Gasteiger partial charge in [0.1, 0.15) is 5.82 Å². The van der Waals surface area contributed by atoms with E-state index in [4.69, 9.17) is 0 Å². The quantitative estimate of drug-likeness (QED) is 0.866. The molecule has 0 bridgehead atoms. The average Bonchev–Trinajstić information content (AvgIpc) is 2.67. The van der Waals surface area contributed by atoms with E-state index in [0.717, 1.165) is 25.7 Å². The Kier molecular flexibility index (Phi) is 5.00. The number of nitrogens with one attached hydrogen (secondary N) is 1. The van der Waals surface area contributed by atoms with Crippen LogP contribution in [-0.2, 0) is 11.2 Å². The zero-order valence-corrected chi connectivity index (χ0v) is 15.6. The van der Waals surface area contributed by atoms with Crippen LogP contribution >= 0.6 is 0 Å². The minimum Gasteiger partial charge on any atom is -0.389 e. The summed E-state index contributed by atoms with van der Waals surface area (Å²) in [4.78, 5) is 33.9. The van der Waals surface area contributed by atoms with Gasteiger partial charge in [0.05, 0.1) is 16.5 Å². The molecule has 2 aromatic rings. The lowest BCUT2D eigenvalue weighted by atomic mass is 9.71. The highest BCUT2D eigenvalue weighted by Gasteiger charge is 2.43. The van der Waals surface area contributed by atoms with Gasteiger partial charge in [-0.25, -0.2) is 4.98 Å². The first-order valence-corrected chi connectivity index (χ1v) is 10.0. The van der Waals surface area contributed by atoms with E-state index in [2.05, 4.69) is 9.97 Å². The van der Waals surface area contributed by atoms with E-state index >= 15 is 0 Å². The number of likely N-dealkylation sites (tertiary alicyclic amines) is 1. The van der Waals surface area contributed by atoms with Crippen molar-refractivity contribution in [3.05, 3.63) is 40.4 Å². The largest absolute Gasteiger partial charge is 0.389 e. The fourth-order valence-corrected chi connectivity index (χ4v) is 4.62. The molecule has 0 unspecified atom stereocenters. The first-order valence-electron chi connectivity index (χ1n) is 10.0. The Labute approximate surface area is 158 Å². The van der Waals surface area contributed by atoms with Gasteiger partial charge in [-0.15, -0.1) is 0 Å². The van der Waals surface area contributed by atoms with Crippen molar-refractivity contribution in [2.24, 2.45) is 5.92 Å². The summed E-state index contributed by atoms with van der Waals surface area (Å²) in [5.74, 6) is 1.00. The number of fused-ring (bicyclic) bond motifs is 2. The van der Waals surface area contributed by atoms with Gasteiger partial charge in [0, 0.05) is 31.8 Å². The highest BCUT2D eigenvalue weighted by molar-refractivity contribution is 5.77. The molecule has 6 nitrogen and oxygen atoms in total. The molecule has 1 amide bonds. The maximum Gasteiger partial charge on any atom is 0.258 e. The van der Waals surface area contributed by atoms with Crippen LogP contribution in [-0.4, -0.2) is 44.6 Å². The molecule has 2 fully saturated rings. The van der Waals surface area contributed by atoms with Crippen LogP contribution in [0.2, 0.25) is 0 Å². The minimum absolute atomic E-state index is 0.130. The number of aliphatic hydroxyl groups is 1. The summed E-state index contributed by atoms with van der Waals surface area (Å²) < 4.78 is 0. The Bertz CT molecular complexity index is 894. The molecule has 2 N–H and O–H groups in total. The molecule has 0 radical (unpaired) electrons. The normalized spacial score (nSPS) is 25.4. The lowest BCUT2D eigenvalue weighted by Gasteiger charge is -2.47. The van der Waals surface area contributed by atoms with Crippen molar-refractivity contribution < 1.29 is 9.90 Å². The summed E-state index contributed by atoms with van der Waals surface area (Å²) in [5, 5.41) is 11.3. The third-order valence-corrected chi connectivity index (χ3v) is 6.25. The van der Waals surface area contributed by atoms with Crippen LogP contribution < -0.4 is 5.56 Å². The van der Waals surface area contributed by atoms with E-state index < -0.39 is 5.60 Å². The van der Waals surface area contributed by atoms with Crippen molar-refractivity contribution in [1.82, 2.24) is 14.9 Å². The molecular formula is C21H27N3O3. The maximum atomic E-state index is 12.6. The summed E-state index contributed by atoms with van der Waals surface area (Å²) in [7, 11) is 0. The number of para-hydroxylation sites is 1. The second-order valence-electron chi connectivity index (χ2n) is 8.02. The molecule has 1 aliphatic heterocycles. The second kappa shape index (κ2) is 7.43. The second-order valence-corrected chi connectivity index (χ2v) is 8.02. The number of benzene rings is 1. The first kappa shape index (κ1) is 18.2. The summed E-state index contributed by atoms with van der Waals surface area (Å²) in [5.41, 5.74) is 0.00789. The highest BCUT2D eigenvalue weighted by atomic mass is 16.3. The van der Waals surface area contributed by atoms with E-state index in [1.807, 2.05) is 23.1 Å². The predicted molar refractivity (Wildman–Crippen MR) is 103 cm³/mol. The molecule has 1 aromatic heterocycles. The van der Waals surface area contributed by atoms with Crippen molar-refractivity contribution in [2.45, 2.75) is 57.0 Å². The summed E-state index contributed by atoms with van der Waals surface area (Å²) >= 11 is 0. The first-order chi connectivity index (χ1) is 13.0. The van der Waals surface area contributed by atoms with Crippen LogP contribution in [0.3, 0.4) is 0 Å². The van der Waals surface area contributed by atoms with Gasteiger partial charge in [-0.2, -0.15) is 0 Å². The third-order valence-electron chi connectivity index (χ3n) is 6.25. The fraction of sp³-hybridized carbons (Fsp3) is 0.571. The Hall–Kier alpha value is -2.21. The van der Waals surface area contributed by atoms with E-state index in [0.29, 0.717) is 55.5 Å². The van der Waals surface area contributed by atoms with Gasteiger partial charge < -0.3 is 15.0 Å². The van der Waals surface area contributed by atoms with Crippen molar-refractivity contribution in [2.75, 3.05) is 13.1 Å². The van der Waals surface area contributed by atoms with Crippen LogP contribution in [0.1, 0.15) is 50.8 Å². The number of nitrogens with zero attached hydrogens (tertiary/aromatic N) is 2. The molecule has 1 aromatic carbocycles. The van der Waals surface area contributed by atoms with Gasteiger partial charge in [-0.05, 0) is 37.8 Å². The average molecular weight is 369 g/mol. The van der Waals surface area contributed by atoms with E-state index in [1.54, 1.807) is 6.07 Å². The number of aryl methyl sites for hydroxylation is 1. The molecule has 6 heteroatoms. The zero-order chi connectivity index (χ0) is 18.9. The number of aromatic amines is 1. The summed E-state index contributed by atoms with van der Waals surface area (Å²) in [6, 6.07) is 7.28. The molecule has 0 spiro atoms. The molecule has 1 saturated heterocycles. The Morgan fingerprint density at radius 3 is 3.04 bits per heavy atom. The number of amides is 1. The smallest absolute Gasteiger partial charge is 0.258 e. The molecular weight excluding hydrogens is 342 g/mol. The third kappa shape index (κ3) is 3.76. The Morgan fingerprint density at radius 2 is 2.15 bits per heavy atom. The molecule has 27 heavy (non-hydrogen) atoms. The topological polar surface area (TPSA) is 86.3 Å². The summed E-state index contributed by atoms with van der Waals surface area (Å²) in [6.45, 7) is 1.33. The van der Waals surface area contributed by atoms with Crippen LogP contribution in [0.5, 0.6) is 0 Å². The lowest BCUT2D eigenvalue weighted by Crippen LogP contribution is -2.54. The molecule has 2 heterocycles. The highest BCUT2D eigenvalue weighted by Crippen LogP contribution is 2.39. The van der Waals surface area contributed by atoms with E-state index in [9.17, 15) is 14.7 Å². The Balaban J connectivity index is 1.33. The van der Waals surface area contributed by atoms with Crippen molar-refractivity contribution in [3.63, 3.8) is 0 Å². The van der Waals surface area contributed by atoms with Gasteiger partial charge in [-0.3, -0.25) is 9.59 Å². The number of hydrogen-bond donors (Lipinski definition) is 2. The van der Waals surface area contributed by atoms with Gasteiger partial charge in [-0.1, -0.05) is 25.0 Å². The lowest BCUT2D eigenvalue weighted by molar-refractivity contribution is -0.143. The number of aromatic nitrogens is 2. The van der Waals surface area contributed by atoms with Crippen LogP contribution in [0, 0.1) is 5.92 Å². The standard InChI is InChI=1S/C21H27N3O3/c25-19(24-13-12-21(27)11-4-3-6-15(21)14-24)10-5-9-18-22-17-8-2-1-7-16(17)20(26)23-18/h1-2,7-8,15,27H,3-6,9-14H2,(H,22,23,26)/t15-,21-/m0/s1. The number of rotatable bonds is 4. The number of H-pyrrole nitrogens is 1. The maximum absolute atomic E-state index is 12.6. The van der Waals surface area contributed by atoms with Gasteiger partial charge in [0.15, 0.2) is 0 Å². The Morgan fingerprint density at radius 1 is 1.30 bits per heavy atom. The SMILES string of the molecule is O=C(CCCc1nc2ccccc2c(=O)[nH]1)N1CC[C@@]2(O)CCCC[C@H]2C1. The fourth-order valence-electron chi connectivity index (χ4n) is 4.62. The minimum atomic E-state index is -0.552. The van der Waals surface area contributed by atoms with Gasteiger partial charge in [0.2, 0.25) is 5.91 Å².